The lowest BCUT2D eigenvalue weighted by atomic mass is 10.3. The van der Waals surface area contributed by atoms with Crippen molar-refractivity contribution in [1.29, 1.82) is 0 Å². The molecule has 4 nitrogen and oxygen atoms in total. The predicted octanol–water partition coefficient (Wildman–Crippen LogP) is 2.43. The van der Waals surface area contributed by atoms with Gasteiger partial charge in [0.1, 0.15) is 5.69 Å². The summed E-state index contributed by atoms with van der Waals surface area (Å²) in [5.41, 5.74) is 0.825. The number of rotatable bonds is 3. The number of hydrogen-bond acceptors (Lipinski definition) is 3. The minimum Gasteiger partial charge on any atom is -0.464 e. The Hall–Kier alpha value is -1.10. The average molecular weight is 274 g/mol. The normalized spacial score (nSPS) is 10.5. The van der Waals surface area contributed by atoms with Gasteiger partial charge in [-0.25, -0.2) is 4.79 Å². The Morgan fingerprint density at radius 3 is 2.60 bits per heavy atom. The van der Waals surface area contributed by atoms with E-state index in [9.17, 15) is 9.59 Å². The zero-order chi connectivity index (χ0) is 11.6. The van der Waals surface area contributed by atoms with Crippen molar-refractivity contribution in [2.24, 2.45) is 0 Å². The molecule has 1 aromatic rings. The molecule has 0 N–H and O–H groups in total. The lowest BCUT2D eigenvalue weighted by Gasteiger charge is -2.12. The van der Waals surface area contributed by atoms with Gasteiger partial charge >= 0.3 is 5.97 Å². The van der Waals surface area contributed by atoms with Crippen LogP contribution in [0.5, 0.6) is 0 Å². The van der Waals surface area contributed by atoms with Crippen LogP contribution in [0.3, 0.4) is 0 Å². The van der Waals surface area contributed by atoms with Gasteiger partial charge in [-0.05, 0) is 35.8 Å². The number of hydrogen-bond donors (Lipinski definition) is 0. The third-order valence-corrected chi connectivity index (χ3v) is 2.88. The average Bonchev–Trinajstić information content (AvgIpc) is 2.54. The first-order valence-electron chi connectivity index (χ1n) is 4.47. The van der Waals surface area contributed by atoms with Crippen LogP contribution in [0.15, 0.2) is 10.7 Å². The third kappa shape index (κ3) is 2.12. The first kappa shape index (κ1) is 12.0. The van der Waals surface area contributed by atoms with Crippen molar-refractivity contribution in [2.75, 3.05) is 7.11 Å². The van der Waals surface area contributed by atoms with E-state index in [-0.39, 0.29) is 6.04 Å². The number of carbonyl (C=O) groups excluding carboxylic acids is 2. The van der Waals surface area contributed by atoms with Gasteiger partial charge in [-0.15, -0.1) is 0 Å². The second-order valence-corrected chi connectivity index (χ2v) is 4.10. The van der Waals surface area contributed by atoms with Crippen molar-refractivity contribution in [3.63, 3.8) is 0 Å². The molecule has 0 atom stereocenters. The van der Waals surface area contributed by atoms with E-state index >= 15 is 0 Å². The number of ether oxygens (including phenoxy) is 1. The second-order valence-electron chi connectivity index (χ2n) is 3.35. The van der Waals surface area contributed by atoms with Crippen LogP contribution in [0.1, 0.15) is 40.7 Å². The molecule has 1 rings (SSSR count). The highest BCUT2D eigenvalue weighted by molar-refractivity contribution is 9.10. The minimum atomic E-state index is -0.447. The summed E-state index contributed by atoms with van der Waals surface area (Å²) in [4.78, 5) is 22.2. The molecule has 5 heteroatoms. The van der Waals surface area contributed by atoms with Crippen molar-refractivity contribution < 1.29 is 14.3 Å². The Kier molecular flexibility index (Phi) is 3.68. The van der Waals surface area contributed by atoms with Crippen LogP contribution in [0, 0.1) is 0 Å². The second kappa shape index (κ2) is 4.61. The van der Waals surface area contributed by atoms with Crippen LogP contribution in [-0.4, -0.2) is 23.9 Å². The van der Waals surface area contributed by atoms with Crippen molar-refractivity contribution >= 4 is 28.2 Å². The molecule has 0 bridgehead atoms. The Labute approximate surface area is 96.3 Å². The highest BCUT2D eigenvalue weighted by atomic mass is 79.9. The Bertz CT molecular complexity index is 396. The molecule has 1 heterocycles. The predicted molar refractivity (Wildman–Crippen MR) is 59.2 cm³/mol. The maximum atomic E-state index is 11.4. The number of aldehydes is 1. The Balaban J connectivity index is 3.37. The highest BCUT2D eigenvalue weighted by Crippen LogP contribution is 2.25. The fourth-order valence-corrected chi connectivity index (χ4v) is 2.18. The number of carbonyl (C=O) groups is 2. The first-order valence-corrected chi connectivity index (χ1v) is 5.26. The van der Waals surface area contributed by atoms with E-state index in [1.807, 2.05) is 13.8 Å². The summed E-state index contributed by atoms with van der Waals surface area (Å²) in [5.74, 6) is -0.447. The summed E-state index contributed by atoms with van der Waals surface area (Å²) in [6, 6.07) is 1.59. The van der Waals surface area contributed by atoms with E-state index in [2.05, 4.69) is 20.7 Å². The van der Waals surface area contributed by atoms with Gasteiger partial charge in [0.05, 0.1) is 11.7 Å². The van der Waals surface area contributed by atoms with E-state index in [0.29, 0.717) is 22.1 Å². The van der Waals surface area contributed by atoms with E-state index in [0.717, 1.165) is 0 Å². The minimum absolute atomic E-state index is 0.0715. The van der Waals surface area contributed by atoms with E-state index < -0.39 is 5.97 Å². The molecule has 0 amide bonds. The van der Waals surface area contributed by atoms with Crippen LogP contribution in [0.25, 0.3) is 0 Å². The fourth-order valence-electron chi connectivity index (χ4n) is 1.37. The zero-order valence-electron chi connectivity index (χ0n) is 8.78. The van der Waals surface area contributed by atoms with Crippen molar-refractivity contribution in [1.82, 2.24) is 4.57 Å². The maximum absolute atomic E-state index is 11.4. The van der Waals surface area contributed by atoms with E-state index in [4.69, 9.17) is 0 Å². The van der Waals surface area contributed by atoms with E-state index in [1.165, 1.54) is 13.2 Å². The number of nitrogens with zero attached hydrogens (tertiary/aromatic N) is 1. The fraction of sp³-hybridized carbons (Fsp3) is 0.400. The molecule has 0 radical (unpaired) electrons. The smallest absolute Gasteiger partial charge is 0.354 e. The lowest BCUT2D eigenvalue weighted by Crippen LogP contribution is -2.12. The van der Waals surface area contributed by atoms with Crippen molar-refractivity contribution in [3.8, 4) is 0 Å². The quantitative estimate of drug-likeness (QED) is 0.628. The summed E-state index contributed by atoms with van der Waals surface area (Å²) in [7, 11) is 1.31. The molecule has 0 aliphatic rings. The van der Waals surface area contributed by atoms with Gasteiger partial charge < -0.3 is 9.30 Å². The third-order valence-electron chi connectivity index (χ3n) is 2.04. The SMILES string of the molecule is COC(=O)c1cc(C=O)c(Br)n1C(C)C. The van der Waals surface area contributed by atoms with Crippen LogP contribution in [0.4, 0.5) is 0 Å². The zero-order valence-corrected chi connectivity index (χ0v) is 10.4. The van der Waals surface area contributed by atoms with Crippen LogP contribution in [-0.2, 0) is 4.74 Å². The van der Waals surface area contributed by atoms with Crippen molar-refractivity contribution in [3.05, 3.63) is 21.9 Å². The van der Waals surface area contributed by atoms with Crippen LogP contribution < -0.4 is 0 Å². The van der Waals surface area contributed by atoms with Gasteiger partial charge in [-0.1, -0.05) is 0 Å². The first-order chi connectivity index (χ1) is 7.02. The molecular weight excluding hydrogens is 262 g/mol. The topological polar surface area (TPSA) is 48.3 Å². The number of esters is 1. The van der Waals surface area contributed by atoms with E-state index in [1.54, 1.807) is 4.57 Å². The van der Waals surface area contributed by atoms with Gasteiger partial charge in [0, 0.05) is 11.6 Å². The molecule has 1 aromatic heterocycles. The monoisotopic (exact) mass is 273 g/mol. The maximum Gasteiger partial charge on any atom is 0.354 e. The van der Waals surface area contributed by atoms with Gasteiger partial charge in [0.25, 0.3) is 0 Å². The highest BCUT2D eigenvalue weighted by Gasteiger charge is 2.20. The summed E-state index contributed by atoms with van der Waals surface area (Å²) in [6.07, 6.45) is 0.704. The number of aromatic nitrogens is 1. The molecule has 0 saturated heterocycles. The number of methoxy groups -OCH3 is 1. The molecule has 82 valence electrons. The molecule has 15 heavy (non-hydrogen) atoms. The Morgan fingerprint density at radius 1 is 1.60 bits per heavy atom. The standard InChI is InChI=1S/C10H12BrNO3/c1-6(2)12-8(10(14)15-3)4-7(5-13)9(12)11/h4-6H,1-3H3. The largest absolute Gasteiger partial charge is 0.464 e. The molecule has 0 aliphatic heterocycles. The van der Waals surface area contributed by atoms with Gasteiger partial charge in [0.15, 0.2) is 6.29 Å². The summed E-state index contributed by atoms with van der Waals surface area (Å²) < 4.78 is 6.97. The Morgan fingerprint density at radius 2 is 2.20 bits per heavy atom. The van der Waals surface area contributed by atoms with Gasteiger partial charge in [-0.3, -0.25) is 4.79 Å². The molecule has 0 aliphatic carbocycles. The molecule has 0 saturated carbocycles. The molecule has 0 aromatic carbocycles. The van der Waals surface area contributed by atoms with Crippen LogP contribution in [0.2, 0.25) is 0 Å². The summed E-state index contributed by atoms with van der Waals surface area (Å²) in [6.45, 7) is 3.84. The van der Waals surface area contributed by atoms with Crippen LogP contribution >= 0.6 is 15.9 Å². The summed E-state index contributed by atoms with van der Waals surface area (Å²) >= 11 is 3.28. The molecule has 0 unspecified atom stereocenters. The lowest BCUT2D eigenvalue weighted by molar-refractivity contribution is 0.0586. The summed E-state index contributed by atoms with van der Waals surface area (Å²) in [5, 5.41) is 0. The number of halogens is 1. The molecule has 0 fully saturated rings. The van der Waals surface area contributed by atoms with Crippen molar-refractivity contribution in [2.45, 2.75) is 19.9 Å². The van der Waals surface area contributed by atoms with Gasteiger partial charge in [0.2, 0.25) is 0 Å². The molecule has 0 spiro atoms. The van der Waals surface area contributed by atoms with Gasteiger partial charge in [-0.2, -0.15) is 0 Å². The molecular formula is C10H12BrNO3.